The van der Waals surface area contributed by atoms with Crippen molar-refractivity contribution in [2.75, 3.05) is 0 Å². The first kappa shape index (κ1) is 9.92. The van der Waals surface area contributed by atoms with E-state index in [1.807, 2.05) is 30.3 Å². The van der Waals surface area contributed by atoms with Crippen molar-refractivity contribution in [3.05, 3.63) is 48.7 Å². The first-order valence-corrected chi connectivity index (χ1v) is 5.32. The fourth-order valence-corrected chi connectivity index (χ4v) is 1.82. The lowest BCUT2D eigenvalue weighted by atomic mass is 10.2. The normalized spacial score (nSPS) is 10.9. The number of rotatable bonds is 2. The number of hydrogen-bond acceptors (Lipinski definition) is 4. The predicted octanol–water partition coefficient (Wildman–Crippen LogP) is 1.27. The monoisotopic (exact) mass is 225 g/mol. The van der Waals surface area contributed by atoms with Crippen molar-refractivity contribution in [3.8, 4) is 5.69 Å². The third kappa shape index (κ3) is 1.66. The summed E-state index contributed by atoms with van der Waals surface area (Å²) in [5.41, 5.74) is 7.52. The van der Waals surface area contributed by atoms with Crippen LogP contribution in [0.15, 0.2) is 42.9 Å². The molecule has 0 saturated carbocycles. The van der Waals surface area contributed by atoms with E-state index >= 15 is 0 Å². The number of hydrogen-bond donors (Lipinski definition) is 1. The molecule has 0 unspecified atom stereocenters. The summed E-state index contributed by atoms with van der Waals surface area (Å²) < 4.78 is 1.74. The molecule has 0 spiro atoms. The minimum Gasteiger partial charge on any atom is -0.324 e. The number of aromatic nitrogens is 4. The summed E-state index contributed by atoms with van der Waals surface area (Å²) in [6.07, 6.45) is 3.29. The standard InChI is InChI=1S/C12H11N5/c13-7-12-15-8-16-17(12)10-3-4-11-9(6-10)2-1-5-14-11/h1-6,8H,7,13H2. The van der Waals surface area contributed by atoms with Gasteiger partial charge in [-0.1, -0.05) is 6.07 Å². The van der Waals surface area contributed by atoms with Crippen LogP contribution in [0.5, 0.6) is 0 Å². The summed E-state index contributed by atoms with van der Waals surface area (Å²) in [4.78, 5) is 8.38. The molecule has 5 nitrogen and oxygen atoms in total. The quantitative estimate of drug-likeness (QED) is 0.713. The van der Waals surface area contributed by atoms with E-state index in [1.165, 1.54) is 6.33 Å². The van der Waals surface area contributed by atoms with Gasteiger partial charge in [-0.25, -0.2) is 9.67 Å². The van der Waals surface area contributed by atoms with Crippen LogP contribution in [-0.2, 0) is 6.54 Å². The van der Waals surface area contributed by atoms with Crippen molar-refractivity contribution in [1.82, 2.24) is 19.7 Å². The zero-order valence-electron chi connectivity index (χ0n) is 9.11. The Balaban J connectivity index is 2.18. The first-order valence-electron chi connectivity index (χ1n) is 5.32. The molecule has 0 aliphatic carbocycles. The summed E-state index contributed by atoms with van der Waals surface area (Å²) in [7, 11) is 0. The second-order valence-electron chi connectivity index (χ2n) is 3.67. The van der Waals surface area contributed by atoms with Crippen LogP contribution in [0.4, 0.5) is 0 Å². The van der Waals surface area contributed by atoms with E-state index in [0.717, 1.165) is 22.4 Å². The molecule has 3 aromatic rings. The maximum Gasteiger partial charge on any atom is 0.145 e. The van der Waals surface area contributed by atoms with Crippen LogP contribution in [0.2, 0.25) is 0 Å². The fraction of sp³-hybridized carbons (Fsp3) is 0.0833. The molecule has 2 N–H and O–H groups in total. The van der Waals surface area contributed by atoms with E-state index in [1.54, 1.807) is 10.9 Å². The highest BCUT2D eigenvalue weighted by Gasteiger charge is 2.05. The highest BCUT2D eigenvalue weighted by molar-refractivity contribution is 5.80. The summed E-state index contributed by atoms with van der Waals surface area (Å²) in [6, 6.07) is 9.88. The maximum absolute atomic E-state index is 5.61. The molecule has 0 amide bonds. The zero-order valence-corrected chi connectivity index (χ0v) is 9.11. The average Bonchev–Trinajstić information content (AvgIpc) is 2.86. The number of nitrogens with two attached hydrogens (primary N) is 1. The molecule has 0 atom stereocenters. The molecule has 0 aliphatic heterocycles. The molecule has 5 heteroatoms. The molecule has 17 heavy (non-hydrogen) atoms. The van der Waals surface area contributed by atoms with E-state index in [-0.39, 0.29) is 0 Å². The van der Waals surface area contributed by atoms with Gasteiger partial charge >= 0.3 is 0 Å². The van der Waals surface area contributed by atoms with Gasteiger partial charge in [-0.2, -0.15) is 5.10 Å². The lowest BCUT2D eigenvalue weighted by Crippen LogP contribution is -2.07. The second-order valence-corrected chi connectivity index (χ2v) is 3.67. The molecule has 0 fully saturated rings. The van der Waals surface area contributed by atoms with Crippen LogP contribution < -0.4 is 5.73 Å². The number of benzene rings is 1. The maximum atomic E-state index is 5.61. The predicted molar refractivity (Wildman–Crippen MR) is 64.6 cm³/mol. The van der Waals surface area contributed by atoms with E-state index in [0.29, 0.717) is 6.54 Å². The Morgan fingerprint density at radius 2 is 2.12 bits per heavy atom. The molecule has 2 heterocycles. The Kier molecular flexibility index (Phi) is 2.31. The third-order valence-corrected chi connectivity index (χ3v) is 2.63. The van der Waals surface area contributed by atoms with Crippen LogP contribution >= 0.6 is 0 Å². The summed E-state index contributed by atoms with van der Waals surface area (Å²) in [6.45, 7) is 0.366. The Morgan fingerprint density at radius 1 is 1.18 bits per heavy atom. The van der Waals surface area contributed by atoms with Crippen LogP contribution in [0, 0.1) is 0 Å². The van der Waals surface area contributed by atoms with Crippen LogP contribution in [0.25, 0.3) is 16.6 Å². The van der Waals surface area contributed by atoms with Crippen LogP contribution in [0.1, 0.15) is 5.82 Å². The summed E-state index contributed by atoms with van der Waals surface area (Å²) in [5.74, 6) is 0.744. The molecule has 0 radical (unpaired) electrons. The summed E-state index contributed by atoms with van der Waals surface area (Å²) >= 11 is 0. The van der Waals surface area contributed by atoms with Gasteiger partial charge in [0.25, 0.3) is 0 Å². The van der Waals surface area contributed by atoms with Crippen LogP contribution in [0.3, 0.4) is 0 Å². The van der Waals surface area contributed by atoms with Crippen molar-refractivity contribution in [1.29, 1.82) is 0 Å². The van der Waals surface area contributed by atoms with Crippen molar-refractivity contribution in [2.45, 2.75) is 6.54 Å². The lowest BCUT2D eigenvalue weighted by molar-refractivity contribution is 0.790. The SMILES string of the molecule is NCc1ncnn1-c1ccc2ncccc2c1. The third-order valence-electron chi connectivity index (χ3n) is 2.63. The van der Waals surface area contributed by atoms with Gasteiger partial charge in [0.15, 0.2) is 0 Å². The molecule has 1 aromatic carbocycles. The van der Waals surface area contributed by atoms with Gasteiger partial charge < -0.3 is 5.73 Å². The topological polar surface area (TPSA) is 69.6 Å². The van der Waals surface area contributed by atoms with Gasteiger partial charge in [-0.05, 0) is 24.3 Å². The lowest BCUT2D eigenvalue weighted by Gasteiger charge is -2.05. The van der Waals surface area contributed by atoms with Gasteiger partial charge in [0.1, 0.15) is 12.2 Å². The van der Waals surface area contributed by atoms with Gasteiger partial charge in [-0.3, -0.25) is 4.98 Å². The van der Waals surface area contributed by atoms with E-state index in [9.17, 15) is 0 Å². The van der Waals surface area contributed by atoms with E-state index in [2.05, 4.69) is 15.1 Å². The van der Waals surface area contributed by atoms with Gasteiger partial charge in [0.2, 0.25) is 0 Å². The molecule has 0 bridgehead atoms. The summed E-state index contributed by atoms with van der Waals surface area (Å²) in [5, 5.41) is 5.24. The van der Waals surface area contributed by atoms with Crippen LogP contribution in [-0.4, -0.2) is 19.7 Å². The minimum atomic E-state index is 0.366. The van der Waals surface area contributed by atoms with Crippen molar-refractivity contribution < 1.29 is 0 Å². The Labute approximate surface area is 97.9 Å². The highest BCUT2D eigenvalue weighted by atomic mass is 15.3. The van der Waals surface area contributed by atoms with E-state index < -0.39 is 0 Å². The minimum absolute atomic E-state index is 0.366. The number of nitrogens with zero attached hydrogens (tertiary/aromatic N) is 4. The van der Waals surface area contributed by atoms with Crippen molar-refractivity contribution in [2.24, 2.45) is 5.73 Å². The fourth-order valence-electron chi connectivity index (χ4n) is 1.82. The zero-order chi connectivity index (χ0) is 11.7. The number of fused-ring (bicyclic) bond motifs is 1. The second kappa shape index (κ2) is 3.95. The van der Waals surface area contributed by atoms with Crippen molar-refractivity contribution >= 4 is 10.9 Å². The Morgan fingerprint density at radius 3 is 3.00 bits per heavy atom. The molecule has 2 aromatic heterocycles. The number of pyridine rings is 1. The molecule has 0 aliphatic rings. The van der Waals surface area contributed by atoms with E-state index in [4.69, 9.17) is 5.73 Å². The van der Waals surface area contributed by atoms with Gasteiger partial charge in [-0.15, -0.1) is 0 Å². The molecule has 3 rings (SSSR count). The Bertz CT molecular complexity index is 659. The Hall–Kier alpha value is -2.27. The molecule has 0 saturated heterocycles. The first-order chi connectivity index (χ1) is 8.38. The average molecular weight is 225 g/mol. The smallest absolute Gasteiger partial charge is 0.145 e. The largest absolute Gasteiger partial charge is 0.324 e. The highest BCUT2D eigenvalue weighted by Crippen LogP contribution is 2.16. The van der Waals surface area contributed by atoms with Gasteiger partial charge in [0.05, 0.1) is 17.7 Å². The molecular weight excluding hydrogens is 214 g/mol. The molecular formula is C12H11N5. The molecule has 84 valence electrons. The van der Waals surface area contributed by atoms with Crippen molar-refractivity contribution in [3.63, 3.8) is 0 Å². The van der Waals surface area contributed by atoms with Gasteiger partial charge in [0, 0.05) is 11.6 Å².